The summed E-state index contributed by atoms with van der Waals surface area (Å²) in [6.07, 6.45) is 4.80. The van der Waals surface area contributed by atoms with Gasteiger partial charge in [0, 0.05) is 31.2 Å². The van der Waals surface area contributed by atoms with Crippen LogP contribution in [0.15, 0.2) is 53.5 Å². The average Bonchev–Trinajstić information content (AvgIpc) is 2.87. The normalized spacial score (nSPS) is 17.4. The Labute approximate surface area is 212 Å². The van der Waals surface area contributed by atoms with Crippen molar-refractivity contribution in [1.29, 1.82) is 0 Å². The highest BCUT2D eigenvalue weighted by Gasteiger charge is 2.26. The van der Waals surface area contributed by atoms with E-state index in [1.54, 1.807) is 0 Å². The predicted octanol–water partition coefficient (Wildman–Crippen LogP) is 3.19. The zero-order valence-electron chi connectivity index (χ0n) is 21.1. The Morgan fingerprint density at radius 2 is 1.89 bits per heavy atom. The minimum absolute atomic E-state index is 0.0301. The van der Waals surface area contributed by atoms with Gasteiger partial charge in [-0.25, -0.2) is 15.0 Å². The molecule has 1 aromatic heterocycles. The molecule has 2 aromatic carbocycles. The lowest BCUT2D eigenvalue weighted by Gasteiger charge is -2.30. The van der Waals surface area contributed by atoms with Crippen LogP contribution in [0.1, 0.15) is 48.3 Å². The first-order chi connectivity index (χ1) is 17.4. The van der Waals surface area contributed by atoms with Crippen molar-refractivity contribution in [2.75, 3.05) is 30.4 Å². The van der Waals surface area contributed by atoms with E-state index in [2.05, 4.69) is 42.6 Å². The van der Waals surface area contributed by atoms with Gasteiger partial charge in [0.05, 0.1) is 17.6 Å². The lowest BCUT2D eigenvalue weighted by molar-refractivity contribution is 0.0943. The van der Waals surface area contributed by atoms with E-state index in [9.17, 15) is 4.79 Å². The molecule has 36 heavy (non-hydrogen) atoms. The Bertz CT molecular complexity index is 1210. The molecule has 3 aromatic rings. The van der Waals surface area contributed by atoms with Gasteiger partial charge in [-0.05, 0) is 50.5 Å². The molecule has 0 aliphatic heterocycles. The van der Waals surface area contributed by atoms with Crippen LogP contribution in [0, 0.1) is 6.92 Å². The van der Waals surface area contributed by atoms with Gasteiger partial charge in [0.25, 0.3) is 5.91 Å². The van der Waals surface area contributed by atoms with E-state index < -0.39 is 0 Å². The van der Waals surface area contributed by atoms with Crippen LogP contribution in [0.25, 0.3) is 10.9 Å². The van der Waals surface area contributed by atoms with Gasteiger partial charge in [-0.15, -0.1) is 0 Å². The van der Waals surface area contributed by atoms with Gasteiger partial charge in [-0.2, -0.15) is 0 Å². The first kappa shape index (κ1) is 25.2. The van der Waals surface area contributed by atoms with Crippen molar-refractivity contribution >= 4 is 34.3 Å². The summed E-state index contributed by atoms with van der Waals surface area (Å²) >= 11 is 0. The second kappa shape index (κ2) is 11.7. The number of para-hydroxylation sites is 1. The number of aliphatic imine (C=N–C) groups is 1. The van der Waals surface area contributed by atoms with Crippen LogP contribution in [-0.2, 0) is 0 Å². The molecule has 1 amide bonds. The summed E-state index contributed by atoms with van der Waals surface area (Å²) in [6.45, 7) is 3.38. The van der Waals surface area contributed by atoms with E-state index in [-0.39, 0.29) is 29.8 Å². The maximum atomic E-state index is 13.0. The average molecular weight is 489 g/mol. The standard InChI is InChI=1S/C27H36N8O/c1-18-13-14-21-20(17-18)24(32-22-11-6-7-12-23(22)33-27(28)29)34-25(31-21)26(36)30-15-8-16-35(2)19-9-4-3-5-10-19/h3-5,9-10,13-14,17,22-23H,6-8,11-12,15-16H2,1-2H3,(H,30,36)(H4,28,29,33)(H,31,32,34). The highest BCUT2D eigenvalue weighted by molar-refractivity contribution is 5.96. The van der Waals surface area contributed by atoms with Crippen LogP contribution in [0.3, 0.4) is 0 Å². The van der Waals surface area contributed by atoms with E-state index in [4.69, 9.17) is 11.5 Å². The van der Waals surface area contributed by atoms with Crippen LogP contribution in [0.2, 0.25) is 0 Å². The second-order valence-corrected chi connectivity index (χ2v) is 9.44. The van der Waals surface area contributed by atoms with Crippen LogP contribution >= 0.6 is 0 Å². The fourth-order valence-corrected chi connectivity index (χ4v) is 4.66. The summed E-state index contributed by atoms with van der Waals surface area (Å²) in [7, 11) is 2.05. The van der Waals surface area contributed by atoms with Gasteiger partial charge in [0.15, 0.2) is 5.96 Å². The molecule has 1 saturated carbocycles. The number of hydrogen-bond donors (Lipinski definition) is 4. The van der Waals surface area contributed by atoms with Crippen LogP contribution in [0.4, 0.5) is 11.5 Å². The van der Waals surface area contributed by atoms with Crippen molar-refractivity contribution in [2.24, 2.45) is 16.5 Å². The number of anilines is 2. The molecule has 190 valence electrons. The lowest BCUT2D eigenvalue weighted by atomic mass is 9.90. The molecule has 1 heterocycles. The molecule has 0 bridgehead atoms. The second-order valence-electron chi connectivity index (χ2n) is 9.44. The van der Waals surface area contributed by atoms with E-state index >= 15 is 0 Å². The SMILES string of the molecule is Cc1ccc2nc(C(=O)NCCCN(C)c3ccccc3)nc(NC3CCCCC3N=C(N)N)c2c1. The molecule has 0 spiro atoms. The summed E-state index contributed by atoms with van der Waals surface area (Å²) in [5.41, 5.74) is 14.3. The minimum atomic E-state index is -0.285. The Kier molecular flexibility index (Phi) is 8.20. The number of benzene rings is 2. The van der Waals surface area contributed by atoms with E-state index in [0.29, 0.717) is 12.4 Å². The van der Waals surface area contributed by atoms with E-state index in [1.807, 2.05) is 50.4 Å². The Morgan fingerprint density at radius 1 is 1.11 bits per heavy atom. The zero-order chi connectivity index (χ0) is 25.5. The maximum absolute atomic E-state index is 13.0. The predicted molar refractivity (Wildman–Crippen MR) is 146 cm³/mol. The topological polar surface area (TPSA) is 135 Å². The van der Waals surface area contributed by atoms with Gasteiger partial charge in [-0.3, -0.25) is 4.79 Å². The summed E-state index contributed by atoms with van der Waals surface area (Å²) in [6, 6.07) is 16.1. The van der Waals surface area contributed by atoms with Gasteiger partial charge in [0.2, 0.25) is 5.82 Å². The summed E-state index contributed by atoms with van der Waals surface area (Å²) in [5.74, 6) is 0.599. The molecule has 9 nitrogen and oxygen atoms in total. The smallest absolute Gasteiger partial charge is 0.289 e. The number of guanidine groups is 1. The number of fused-ring (bicyclic) bond motifs is 1. The molecule has 0 saturated heterocycles. The number of amides is 1. The highest BCUT2D eigenvalue weighted by Crippen LogP contribution is 2.28. The molecule has 1 fully saturated rings. The van der Waals surface area contributed by atoms with Crippen molar-refractivity contribution in [2.45, 2.75) is 51.1 Å². The van der Waals surface area contributed by atoms with Crippen LogP contribution < -0.4 is 27.0 Å². The third-order valence-electron chi connectivity index (χ3n) is 6.57. The van der Waals surface area contributed by atoms with E-state index in [1.165, 1.54) is 0 Å². The monoisotopic (exact) mass is 488 g/mol. The molecule has 4 rings (SSSR count). The Hall–Kier alpha value is -3.88. The van der Waals surface area contributed by atoms with Gasteiger partial charge in [0.1, 0.15) is 5.82 Å². The number of hydrogen-bond acceptors (Lipinski definition) is 6. The van der Waals surface area contributed by atoms with Crippen LogP contribution in [-0.4, -0.2) is 54.1 Å². The van der Waals surface area contributed by atoms with E-state index in [0.717, 1.165) is 60.8 Å². The third-order valence-corrected chi connectivity index (χ3v) is 6.57. The number of nitrogens with two attached hydrogens (primary N) is 2. The first-order valence-electron chi connectivity index (χ1n) is 12.6. The van der Waals surface area contributed by atoms with Gasteiger partial charge >= 0.3 is 0 Å². The molecule has 0 radical (unpaired) electrons. The fourth-order valence-electron chi connectivity index (χ4n) is 4.66. The quantitative estimate of drug-likeness (QED) is 0.206. The number of carbonyl (C=O) groups excluding carboxylic acids is 1. The van der Waals surface area contributed by atoms with Crippen molar-refractivity contribution in [3.63, 3.8) is 0 Å². The molecule has 1 aliphatic rings. The number of nitrogens with zero attached hydrogens (tertiary/aromatic N) is 4. The molecule has 1 aliphatic carbocycles. The van der Waals surface area contributed by atoms with Crippen molar-refractivity contribution in [1.82, 2.24) is 15.3 Å². The molecular weight excluding hydrogens is 452 g/mol. The number of aryl methyl sites for hydroxylation is 1. The fraction of sp³-hybridized carbons (Fsp3) is 0.407. The molecule has 9 heteroatoms. The molecule has 2 unspecified atom stereocenters. The lowest BCUT2D eigenvalue weighted by Crippen LogP contribution is -2.38. The minimum Gasteiger partial charge on any atom is -0.375 e. The molecule has 2 atom stereocenters. The summed E-state index contributed by atoms with van der Waals surface area (Å²) < 4.78 is 0. The van der Waals surface area contributed by atoms with Crippen LogP contribution in [0.5, 0.6) is 0 Å². The summed E-state index contributed by atoms with van der Waals surface area (Å²) in [4.78, 5) is 28.8. The van der Waals surface area contributed by atoms with Gasteiger partial charge < -0.3 is 27.0 Å². The molecule has 6 N–H and O–H groups in total. The first-order valence-corrected chi connectivity index (χ1v) is 12.6. The number of nitrogens with one attached hydrogen (secondary N) is 2. The Balaban J connectivity index is 1.47. The zero-order valence-corrected chi connectivity index (χ0v) is 21.1. The number of aromatic nitrogens is 2. The van der Waals surface area contributed by atoms with Crippen molar-refractivity contribution in [3.8, 4) is 0 Å². The van der Waals surface area contributed by atoms with Crippen molar-refractivity contribution < 1.29 is 4.79 Å². The highest BCUT2D eigenvalue weighted by atomic mass is 16.2. The molecular formula is C27H36N8O. The number of rotatable bonds is 9. The summed E-state index contributed by atoms with van der Waals surface area (Å²) in [5, 5.41) is 7.40. The van der Waals surface area contributed by atoms with Crippen molar-refractivity contribution in [3.05, 3.63) is 59.9 Å². The largest absolute Gasteiger partial charge is 0.375 e. The Morgan fingerprint density at radius 3 is 2.67 bits per heavy atom. The van der Waals surface area contributed by atoms with Gasteiger partial charge in [-0.1, -0.05) is 42.7 Å². The maximum Gasteiger partial charge on any atom is 0.289 e. The third kappa shape index (κ3) is 6.41. The number of carbonyl (C=O) groups is 1.